The van der Waals surface area contributed by atoms with Gasteiger partial charge in [-0.05, 0) is 12.3 Å². The zero-order valence-corrected chi connectivity index (χ0v) is 20.4. The molecule has 0 aliphatic carbocycles. The average molecular weight is 521 g/mol. The van der Waals surface area contributed by atoms with E-state index in [1.807, 2.05) is 0 Å². The summed E-state index contributed by atoms with van der Waals surface area (Å²) in [5, 5.41) is 25.9. The molecule has 15 nitrogen and oxygen atoms in total. The van der Waals surface area contributed by atoms with Crippen LogP contribution >= 0.6 is 0 Å². The second kappa shape index (κ2) is 13.7. The van der Waals surface area contributed by atoms with E-state index in [4.69, 9.17) is 5.73 Å². The number of aromatic amines is 2. The van der Waals surface area contributed by atoms with Crippen molar-refractivity contribution < 1.29 is 34.2 Å². The summed E-state index contributed by atoms with van der Waals surface area (Å²) in [5.74, 6) is -5.19. The highest BCUT2D eigenvalue weighted by atomic mass is 16.4. The third-order valence-corrected chi connectivity index (χ3v) is 5.28. The summed E-state index contributed by atoms with van der Waals surface area (Å²) in [6, 6.07) is -5.17. The third-order valence-electron chi connectivity index (χ3n) is 5.28. The van der Waals surface area contributed by atoms with Crippen LogP contribution in [-0.4, -0.2) is 84.0 Å². The monoisotopic (exact) mass is 520 g/mol. The van der Waals surface area contributed by atoms with Gasteiger partial charge in [-0.1, -0.05) is 13.8 Å². The van der Waals surface area contributed by atoms with E-state index in [-0.39, 0.29) is 25.2 Å². The number of H-pyrrole nitrogens is 2. The fourth-order valence-corrected chi connectivity index (χ4v) is 3.45. The van der Waals surface area contributed by atoms with E-state index in [1.54, 1.807) is 13.8 Å². The Kier molecular flexibility index (Phi) is 10.7. The van der Waals surface area contributed by atoms with E-state index in [1.165, 1.54) is 25.0 Å². The van der Waals surface area contributed by atoms with Crippen molar-refractivity contribution in [2.45, 2.75) is 63.7 Å². The van der Waals surface area contributed by atoms with Gasteiger partial charge in [-0.2, -0.15) is 0 Å². The molecule has 4 unspecified atom stereocenters. The lowest BCUT2D eigenvalue weighted by molar-refractivity contribution is -0.143. The first-order chi connectivity index (χ1) is 17.5. The van der Waals surface area contributed by atoms with Gasteiger partial charge in [0.2, 0.25) is 17.7 Å². The molecule has 2 heterocycles. The number of imidazole rings is 2. The molecule has 0 aliphatic rings. The predicted octanol–water partition coefficient (Wildman–Crippen LogP) is -1.69. The van der Waals surface area contributed by atoms with E-state index in [2.05, 4.69) is 35.9 Å². The Hall–Kier alpha value is -4.27. The SMILES string of the molecule is CC(C)CC(NC(=O)C(Cc1cnc[nH]1)NC(=O)C(CC(=O)O)NC(=O)C(N)Cc1cnc[nH]1)C(=O)O. The molecule has 0 radical (unpaired) electrons. The number of carbonyl (C=O) groups is 5. The number of amides is 3. The number of nitrogens with zero attached hydrogens (tertiary/aromatic N) is 2. The van der Waals surface area contributed by atoms with Crippen LogP contribution in [-0.2, 0) is 36.8 Å². The lowest BCUT2D eigenvalue weighted by Gasteiger charge is -2.25. The second-order valence-electron chi connectivity index (χ2n) is 8.92. The Labute approximate surface area is 212 Å². The van der Waals surface area contributed by atoms with Crippen LogP contribution in [0.1, 0.15) is 38.1 Å². The van der Waals surface area contributed by atoms with Gasteiger partial charge in [0, 0.05) is 36.6 Å². The molecule has 2 aromatic rings. The van der Waals surface area contributed by atoms with Gasteiger partial charge in [0.25, 0.3) is 0 Å². The normalized spacial score (nSPS) is 14.3. The summed E-state index contributed by atoms with van der Waals surface area (Å²) in [4.78, 5) is 74.8. The van der Waals surface area contributed by atoms with Crippen LogP contribution in [0.5, 0.6) is 0 Å². The molecule has 15 heteroatoms. The number of carboxylic acid groups (broad SMARTS) is 2. The number of nitrogens with one attached hydrogen (secondary N) is 5. The van der Waals surface area contributed by atoms with Crippen LogP contribution in [0.3, 0.4) is 0 Å². The largest absolute Gasteiger partial charge is 0.481 e. The van der Waals surface area contributed by atoms with Gasteiger partial charge in [-0.15, -0.1) is 0 Å². The minimum Gasteiger partial charge on any atom is -0.481 e. The summed E-state index contributed by atoms with van der Waals surface area (Å²) < 4.78 is 0. The molecule has 0 fully saturated rings. The van der Waals surface area contributed by atoms with Crippen molar-refractivity contribution in [1.29, 1.82) is 0 Å². The molecule has 0 saturated heterocycles. The van der Waals surface area contributed by atoms with Crippen LogP contribution in [0.25, 0.3) is 0 Å². The van der Waals surface area contributed by atoms with Crippen molar-refractivity contribution in [1.82, 2.24) is 35.9 Å². The van der Waals surface area contributed by atoms with Crippen molar-refractivity contribution in [3.63, 3.8) is 0 Å². The number of nitrogens with two attached hydrogens (primary N) is 1. The molecule has 0 aromatic carbocycles. The predicted molar refractivity (Wildman–Crippen MR) is 128 cm³/mol. The maximum atomic E-state index is 13.0. The van der Waals surface area contributed by atoms with Crippen molar-refractivity contribution >= 4 is 29.7 Å². The molecular formula is C22H32N8O7. The molecule has 2 aromatic heterocycles. The molecule has 0 saturated carbocycles. The minimum absolute atomic E-state index is 0.0387. The average Bonchev–Trinajstić information content (AvgIpc) is 3.51. The first-order valence-corrected chi connectivity index (χ1v) is 11.5. The number of rotatable bonds is 15. The minimum atomic E-state index is -1.55. The first-order valence-electron chi connectivity index (χ1n) is 11.5. The van der Waals surface area contributed by atoms with Crippen LogP contribution in [0.15, 0.2) is 25.0 Å². The standard InChI is InChI=1S/C22H32N8O7/c1-11(2)3-17(22(36)37)30-20(34)15(5-13-8-25-10-27-13)29-21(35)16(6-18(31)32)28-19(33)14(23)4-12-7-24-9-26-12/h7-11,14-17H,3-6,23H2,1-2H3,(H,24,26)(H,25,27)(H,28,33)(H,29,35)(H,30,34)(H,31,32)(H,36,37). The zero-order valence-electron chi connectivity index (χ0n) is 20.4. The molecule has 4 atom stereocenters. The van der Waals surface area contributed by atoms with Crippen LogP contribution in [0.2, 0.25) is 0 Å². The van der Waals surface area contributed by atoms with E-state index < -0.39 is 60.2 Å². The highest BCUT2D eigenvalue weighted by Crippen LogP contribution is 2.07. The fraction of sp³-hybridized carbons (Fsp3) is 0.500. The third kappa shape index (κ3) is 9.71. The van der Waals surface area contributed by atoms with Crippen LogP contribution in [0, 0.1) is 5.92 Å². The number of aromatic nitrogens is 4. The van der Waals surface area contributed by atoms with Gasteiger partial charge in [0.1, 0.15) is 18.1 Å². The Bertz CT molecular complexity index is 1060. The van der Waals surface area contributed by atoms with Gasteiger partial charge in [0.15, 0.2) is 0 Å². The molecule has 3 amide bonds. The van der Waals surface area contributed by atoms with Gasteiger partial charge in [0.05, 0.1) is 25.1 Å². The zero-order chi connectivity index (χ0) is 27.5. The fourth-order valence-electron chi connectivity index (χ4n) is 3.45. The summed E-state index contributed by atoms with van der Waals surface area (Å²) in [7, 11) is 0. The molecule has 0 aliphatic heterocycles. The van der Waals surface area contributed by atoms with Crippen molar-refractivity contribution in [2.24, 2.45) is 11.7 Å². The Morgan fingerprint density at radius 3 is 1.84 bits per heavy atom. The van der Waals surface area contributed by atoms with Crippen LogP contribution < -0.4 is 21.7 Å². The smallest absolute Gasteiger partial charge is 0.326 e. The van der Waals surface area contributed by atoms with E-state index in [0.717, 1.165) is 0 Å². The van der Waals surface area contributed by atoms with E-state index in [9.17, 15) is 34.2 Å². The number of hydrogen-bond donors (Lipinski definition) is 8. The lowest BCUT2D eigenvalue weighted by Crippen LogP contribution is -2.58. The quantitative estimate of drug-likeness (QED) is 0.132. The number of carboxylic acids is 2. The highest BCUT2D eigenvalue weighted by molar-refractivity contribution is 5.95. The summed E-state index contributed by atoms with van der Waals surface area (Å²) in [6.07, 6.45) is 4.98. The van der Waals surface area contributed by atoms with Gasteiger partial charge in [-0.25, -0.2) is 14.8 Å². The number of carbonyl (C=O) groups excluding carboxylic acids is 3. The highest BCUT2D eigenvalue weighted by Gasteiger charge is 2.32. The molecular weight excluding hydrogens is 488 g/mol. The van der Waals surface area contributed by atoms with Crippen molar-refractivity contribution in [2.75, 3.05) is 0 Å². The topological polar surface area (TPSA) is 245 Å². The van der Waals surface area contributed by atoms with Gasteiger partial charge < -0.3 is 41.9 Å². The summed E-state index contributed by atoms with van der Waals surface area (Å²) >= 11 is 0. The van der Waals surface area contributed by atoms with E-state index >= 15 is 0 Å². The molecule has 0 spiro atoms. The van der Waals surface area contributed by atoms with Crippen molar-refractivity contribution in [3.8, 4) is 0 Å². The molecule has 9 N–H and O–H groups in total. The maximum Gasteiger partial charge on any atom is 0.326 e. The second-order valence-corrected chi connectivity index (χ2v) is 8.92. The Morgan fingerprint density at radius 2 is 1.35 bits per heavy atom. The number of aliphatic carboxylic acids is 2. The summed E-state index contributed by atoms with van der Waals surface area (Å²) in [6.45, 7) is 3.59. The molecule has 37 heavy (non-hydrogen) atoms. The Morgan fingerprint density at radius 1 is 0.838 bits per heavy atom. The molecule has 2 rings (SSSR count). The molecule has 202 valence electrons. The van der Waals surface area contributed by atoms with Gasteiger partial charge in [-0.3, -0.25) is 19.2 Å². The Balaban J connectivity index is 2.16. The maximum absolute atomic E-state index is 13.0. The van der Waals surface area contributed by atoms with Crippen molar-refractivity contribution in [3.05, 3.63) is 36.4 Å². The van der Waals surface area contributed by atoms with Gasteiger partial charge >= 0.3 is 11.9 Å². The molecule has 0 bridgehead atoms. The van der Waals surface area contributed by atoms with E-state index in [0.29, 0.717) is 11.4 Å². The van der Waals surface area contributed by atoms with Crippen LogP contribution in [0.4, 0.5) is 0 Å². The number of hydrogen-bond acceptors (Lipinski definition) is 8. The summed E-state index contributed by atoms with van der Waals surface area (Å²) in [5.41, 5.74) is 6.90. The lowest BCUT2D eigenvalue weighted by atomic mass is 10.0. The first kappa shape index (κ1) is 29.0.